The molecular weight excluding hydrogens is 400 g/mol. The van der Waals surface area contributed by atoms with Crippen molar-refractivity contribution in [3.8, 4) is 0 Å². The van der Waals surface area contributed by atoms with Crippen LogP contribution in [0.5, 0.6) is 0 Å². The van der Waals surface area contributed by atoms with Crippen LogP contribution in [0.4, 0.5) is 5.95 Å². The third-order valence-electron chi connectivity index (χ3n) is 4.66. The molecule has 0 atom stereocenters. The predicted octanol–water partition coefficient (Wildman–Crippen LogP) is 0.879. The molecule has 0 fully saturated rings. The van der Waals surface area contributed by atoms with Gasteiger partial charge >= 0.3 is 11.7 Å². The highest BCUT2D eigenvalue weighted by Gasteiger charge is 2.27. The molecule has 0 aliphatic carbocycles. The van der Waals surface area contributed by atoms with Gasteiger partial charge in [0.2, 0.25) is 5.95 Å². The first-order valence-electron chi connectivity index (χ1n) is 8.74. The Bertz CT molecular complexity index is 1280. The number of fused-ring (bicyclic) bond motifs is 3. The number of hydrogen-bond donors (Lipinski definition) is 1. The average molecular weight is 417 g/mol. The molecule has 0 unspecified atom stereocenters. The molecule has 1 aliphatic heterocycles. The van der Waals surface area contributed by atoms with Crippen molar-refractivity contribution >= 4 is 40.4 Å². The number of anilines is 1. The maximum Gasteiger partial charge on any atom is 0.332 e. The Morgan fingerprint density at radius 3 is 2.59 bits per heavy atom. The first kappa shape index (κ1) is 18.9. The summed E-state index contributed by atoms with van der Waals surface area (Å²) in [6, 6.07) is 6.87. The van der Waals surface area contributed by atoms with Gasteiger partial charge in [0.05, 0.1) is 18.8 Å². The van der Waals surface area contributed by atoms with Gasteiger partial charge in [-0.2, -0.15) is 10.1 Å². The second-order valence-electron chi connectivity index (χ2n) is 6.82. The minimum Gasteiger partial charge on any atom is -0.480 e. The number of aryl methyl sites for hydroxylation is 1. The summed E-state index contributed by atoms with van der Waals surface area (Å²) in [5.74, 6) is -0.875. The molecule has 0 saturated carbocycles. The van der Waals surface area contributed by atoms with Crippen molar-refractivity contribution in [2.45, 2.75) is 20.0 Å². The van der Waals surface area contributed by atoms with Gasteiger partial charge in [-0.25, -0.2) is 9.80 Å². The maximum absolute atomic E-state index is 13.2. The molecule has 0 radical (unpaired) electrons. The fraction of sp³-hybridized carbons (Fsp3) is 0.278. The lowest BCUT2D eigenvalue weighted by Gasteiger charge is -2.23. The Labute approximate surface area is 168 Å². The molecule has 1 aromatic carbocycles. The molecule has 0 bridgehead atoms. The van der Waals surface area contributed by atoms with E-state index in [1.807, 2.05) is 0 Å². The Balaban J connectivity index is 1.92. The van der Waals surface area contributed by atoms with Crippen molar-refractivity contribution in [3.05, 3.63) is 55.7 Å². The van der Waals surface area contributed by atoms with Crippen molar-refractivity contribution in [1.82, 2.24) is 18.7 Å². The van der Waals surface area contributed by atoms with Crippen LogP contribution in [0.25, 0.3) is 11.2 Å². The quantitative estimate of drug-likeness (QED) is 0.675. The van der Waals surface area contributed by atoms with Crippen LogP contribution >= 0.6 is 11.6 Å². The van der Waals surface area contributed by atoms with Crippen LogP contribution in [-0.2, 0) is 24.9 Å². The van der Waals surface area contributed by atoms with Gasteiger partial charge in [-0.15, -0.1) is 0 Å². The van der Waals surface area contributed by atoms with E-state index in [9.17, 15) is 14.4 Å². The number of carboxylic acid groups (broad SMARTS) is 1. The molecule has 0 spiro atoms. The molecule has 3 heterocycles. The van der Waals surface area contributed by atoms with Gasteiger partial charge < -0.3 is 5.11 Å². The SMILES string of the molecule is CC1=NN(CC(=O)O)c2nc3c(c(=O)n(Cc4ccc(Cl)cc4)c(=O)n3C)n2C1. The topological polar surface area (TPSA) is 115 Å². The first-order valence-corrected chi connectivity index (χ1v) is 9.12. The molecule has 0 saturated heterocycles. The lowest BCUT2D eigenvalue weighted by atomic mass is 10.2. The van der Waals surface area contributed by atoms with Gasteiger partial charge in [0, 0.05) is 12.1 Å². The summed E-state index contributed by atoms with van der Waals surface area (Å²) in [4.78, 5) is 41.6. The Morgan fingerprint density at radius 1 is 1.24 bits per heavy atom. The molecule has 2 aromatic heterocycles. The van der Waals surface area contributed by atoms with Crippen molar-refractivity contribution in [2.75, 3.05) is 11.6 Å². The fourth-order valence-corrected chi connectivity index (χ4v) is 3.49. The monoisotopic (exact) mass is 416 g/mol. The Hall–Kier alpha value is -3.40. The standard InChI is InChI=1S/C18H17ClN6O4/c1-10-7-23-14-15(20-17(23)25(21-10)9-13(26)27)22(2)18(29)24(16(14)28)8-11-3-5-12(19)6-4-11/h3-6H,7-9H2,1-2H3,(H,26,27). The van der Waals surface area contributed by atoms with Crippen molar-refractivity contribution in [2.24, 2.45) is 12.1 Å². The number of rotatable bonds is 4. The summed E-state index contributed by atoms with van der Waals surface area (Å²) in [6.45, 7) is 1.67. The molecular formula is C18H17ClN6O4. The normalized spacial score (nSPS) is 13.5. The lowest BCUT2D eigenvalue weighted by molar-refractivity contribution is -0.135. The van der Waals surface area contributed by atoms with Crippen LogP contribution in [0.2, 0.25) is 5.02 Å². The second-order valence-corrected chi connectivity index (χ2v) is 7.25. The van der Waals surface area contributed by atoms with E-state index in [2.05, 4.69) is 10.1 Å². The van der Waals surface area contributed by atoms with Gasteiger partial charge in [0.25, 0.3) is 5.56 Å². The van der Waals surface area contributed by atoms with Crippen molar-refractivity contribution in [1.29, 1.82) is 0 Å². The first-order chi connectivity index (χ1) is 13.8. The number of carbonyl (C=O) groups is 1. The molecule has 1 N–H and O–H groups in total. The molecule has 3 aromatic rings. The summed E-state index contributed by atoms with van der Waals surface area (Å²) < 4.78 is 4.01. The molecule has 0 amide bonds. The zero-order chi connectivity index (χ0) is 20.9. The highest BCUT2D eigenvalue weighted by atomic mass is 35.5. The molecule has 10 nitrogen and oxygen atoms in total. The number of halogens is 1. The number of aromatic nitrogens is 4. The maximum atomic E-state index is 13.2. The smallest absolute Gasteiger partial charge is 0.332 e. The second kappa shape index (κ2) is 6.89. The van der Waals surface area contributed by atoms with Gasteiger partial charge in [0.1, 0.15) is 6.54 Å². The van der Waals surface area contributed by atoms with Crippen LogP contribution < -0.4 is 16.3 Å². The largest absolute Gasteiger partial charge is 0.480 e. The minimum atomic E-state index is -1.09. The predicted molar refractivity (Wildman–Crippen MR) is 108 cm³/mol. The number of imidazole rings is 1. The van der Waals surface area contributed by atoms with Crippen molar-refractivity contribution < 1.29 is 9.90 Å². The summed E-state index contributed by atoms with van der Waals surface area (Å²) in [5.41, 5.74) is 0.757. The molecule has 4 rings (SSSR count). The van der Waals surface area contributed by atoms with Crippen molar-refractivity contribution in [3.63, 3.8) is 0 Å². The average Bonchev–Trinajstić information content (AvgIpc) is 3.04. The van der Waals surface area contributed by atoms with E-state index >= 15 is 0 Å². The van der Waals surface area contributed by atoms with E-state index in [-0.39, 0.29) is 30.2 Å². The number of aliphatic carboxylic acids is 1. The van der Waals surface area contributed by atoms with E-state index in [1.165, 1.54) is 16.6 Å². The van der Waals surface area contributed by atoms with Crippen LogP contribution in [0.3, 0.4) is 0 Å². The van der Waals surface area contributed by atoms with Crippen LogP contribution in [0.15, 0.2) is 39.0 Å². The number of benzene rings is 1. The van der Waals surface area contributed by atoms with E-state index < -0.39 is 23.8 Å². The summed E-state index contributed by atoms with van der Waals surface area (Å²) in [7, 11) is 1.52. The summed E-state index contributed by atoms with van der Waals surface area (Å²) >= 11 is 5.90. The summed E-state index contributed by atoms with van der Waals surface area (Å²) in [6.07, 6.45) is 0. The third kappa shape index (κ3) is 3.21. The number of nitrogens with zero attached hydrogens (tertiary/aromatic N) is 6. The molecule has 11 heteroatoms. The van der Waals surface area contributed by atoms with Crippen LogP contribution in [0, 0.1) is 0 Å². The van der Waals surface area contributed by atoms with Gasteiger partial charge in [0.15, 0.2) is 11.2 Å². The zero-order valence-electron chi connectivity index (χ0n) is 15.7. The Morgan fingerprint density at radius 2 is 1.93 bits per heavy atom. The molecule has 29 heavy (non-hydrogen) atoms. The zero-order valence-corrected chi connectivity index (χ0v) is 16.4. The van der Waals surface area contributed by atoms with E-state index in [0.717, 1.165) is 10.1 Å². The fourth-order valence-electron chi connectivity index (χ4n) is 3.36. The van der Waals surface area contributed by atoms with Gasteiger partial charge in [-0.05, 0) is 24.6 Å². The Kier molecular flexibility index (Phi) is 4.50. The highest BCUT2D eigenvalue weighted by molar-refractivity contribution is 6.30. The lowest BCUT2D eigenvalue weighted by Crippen LogP contribution is -2.40. The highest BCUT2D eigenvalue weighted by Crippen LogP contribution is 2.23. The molecule has 150 valence electrons. The van der Waals surface area contributed by atoms with E-state index in [1.54, 1.807) is 35.8 Å². The number of carboxylic acids is 1. The third-order valence-corrected chi connectivity index (χ3v) is 4.91. The minimum absolute atomic E-state index is 0.0744. The number of hydrogen-bond acceptors (Lipinski definition) is 6. The summed E-state index contributed by atoms with van der Waals surface area (Å²) in [5, 5.41) is 15.1. The van der Waals surface area contributed by atoms with Gasteiger partial charge in [-0.3, -0.25) is 23.3 Å². The molecule has 1 aliphatic rings. The van der Waals surface area contributed by atoms with Crippen LogP contribution in [0.1, 0.15) is 12.5 Å². The van der Waals surface area contributed by atoms with Gasteiger partial charge in [-0.1, -0.05) is 23.7 Å². The van der Waals surface area contributed by atoms with E-state index in [0.29, 0.717) is 10.7 Å². The van der Waals surface area contributed by atoms with Crippen LogP contribution in [-0.4, -0.2) is 42.0 Å². The number of hydrazone groups is 1. The van der Waals surface area contributed by atoms with E-state index in [4.69, 9.17) is 16.7 Å².